The minimum Gasteiger partial charge on any atom is -0.510 e. The largest absolute Gasteiger partial charge is 0.510 e. The summed E-state index contributed by atoms with van der Waals surface area (Å²) in [6, 6.07) is 32.1. The van der Waals surface area contributed by atoms with Crippen molar-refractivity contribution in [2.24, 2.45) is 11.3 Å². The molecule has 240 valence electrons. The SMILES string of the molecule is CC1=C2CC/C(CCCCO[Si](c3ccccc3)(c3ccccc3)C(C)(C)C)=C(/O)[C@@H](OCc3ccccc3)[C@@H](CC1)C2(C)C. The molecule has 0 amide bonds. The zero-order chi connectivity index (χ0) is 32.1. The second-order valence-electron chi connectivity index (χ2n) is 14.8. The van der Waals surface area contributed by atoms with Gasteiger partial charge in [0.2, 0.25) is 0 Å². The van der Waals surface area contributed by atoms with Gasteiger partial charge in [0, 0.05) is 12.5 Å². The van der Waals surface area contributed by atoms with Crippen molar-refractivity contribution in [3.63, 3.8) is 0 Å². The Morgan fingerprint density at radius 3 is 1.96 bits per heavy atom. The molecule has 45 heavy (non-hydrogen) atoms. The van der Waals surface area contributed by atoms with E-state index in [2.05, 4.69) is 126 Å². The molecule has 0 aliphatic heterocycles. The van der Waals surface area contributed by atoms with Crippen LogP contribution in [0.25, 0.3) is 0 Å². The smallest absolute Gasteiger partial charge is 0.261 e. The first-order valence-corrected chi connectivity index (χ1v) is 19.0. The summed E-state index contributed by atoms with van der Waals surface area (Å²) in [7, 11) is -2.55. The summed E-state index contributed by atoms with van der Waals surface area (Å²) >= 11 is 0. The molecule has 5 rings (SSSR count). The number of aliphatic hydroxyl groups is 1. The maximum absolute atomic E-state index is 11.9. The van der Waals surface area contributed by atoms with Gasteiger partial charge in [-0.05, 0) is 83.8 Å². The van der Waals surface area contributed by atoms with E-state index in [1.54, 1.807) is 5.57 Å². The first-order chi connectivity index (χ1) is 21.6. The monoisotopic (exact) mass is 622 g/mol. The van der Waals surface area contributed by atoms with E-state index in [0.717, 1.165) is 50.5 Å². The standard InChI is InChI=1S/C41H54O3Si/c1-31-25-27-37-39(43-30-32-18-10-7-11-19-32)38(42)33(26-28-36(31)41(37,5)6)20-16-17-29-44-45(40(2,3)4,34-21-12-8-13-22-34)35-23-14-9-15-24-35/h7-15,18-19,21-24,37,39,42H,16-17,20,25-30H2,1-6H3/b38-33+/t37-,39+/m1/s1. The van der Waals surface area contributed by atoms with E-state index < -0.39 is 8.32 Å². The Labute approximate surface area is 273 Å². The summed E-state index contributed by atoms with van der Waals surface area (Å²) in [6.45, 7) is 15.3. The van der Waals surface area contributed by atoms with Crippen LogP contribution in [-0.2, 0) is 15.8 Å². The van der Waals surface area contributed by atoms with Crippen molar-refractivity contribution in [3.8, 4) is 0 Å². The third-order valence-corrected chi connectivity index (χ3v) is 15.6. The second-order valence-corrected chi connectivity index (χ2v) is 19.1. The van der Waals surface area contributed by atoms with E-state index in [-0.39, 0.29) is 22.5 Å². The number of allylic oxidation sites excluding steroid dienone is 3. The Kier molecular flexibility index (Phi) is 10.6. The average molecular weight is 623 g/mol. The van der Waals surface area contributed by atoms with Gasteiger partial charge in [0.1, 0.15) is 11.9 Å². The highest BCUT2D eigenvalue weighted by molar-refractivity contribution is 6.99. The molecule has 2 aliphatic carbocycles. The number of aliphatic hydroxyl groups excluding tert-OH is 1. The molecule has 0 heterocycles. The van der Waals surface area contributed by atoms with Crippen LogP contribution in [0.5, 0.6) is 0 Å². The van der Waals surface area contributed by atoms with Crippen molar-refractivity contribution in [3.05, 3.63) is 119 Å². The van der Waals surface area contributed by atoms with E-state index in [9.17, 15) is 5.11 Å². The van der Waals surface area contributed by atoms with Crippen molar-refractivity contribution >= 4 is 18.7 Å². The molecule has 4 heteroatoms. The van der Waals surface area contributed by atoms with Crippen LogP contribution in [0.3, 0.4) is 0 Å². The molecule has 0 aromatic heterocycles. The van der Waals surface area contributed by atoms with Crippen LogP contribution in [-0.4, -0.2) is 26.1 Å². The molecule has 1 N–H and O–H groups in total. The van der Waals surface area contributed by atoms with Crippen LogP contribution in [0.4, 0.5) is 0 Å². The van der Waals surface area contributed by atoms with Crippen LogP contribution in [0.1, 0.15) is 92.1 Å². The molecular weight excluding hydrogens is 569 g/mol. The molecule has 0 saturated carbocycles. The Morgan fingerprint density at radius 1 is 0.800 bits per heavy atom. The Hall–Kier alpha value is -2.92. The normalized spacial score (nSPS) is 22.2. The predicted octanol–water partition coefficient (Wildman–Crippen LogP) is 9.68. The molecule has 3 nitrogen and oxygen atoms in total. The molecule has 0 fully saturated rings. The molecule has 2 bridgehead atoms. The van der Waals surface area contributed by atoms with Gasteiger partial charge in [0.25, 0.3) is 8.32 Å². The number of ether oxygens (including phenoxy) is 1. The topological polar surface area (TPSA) is 38.7 Å². The fraction of sp³-hybridized carbons (Fsp3) is 0.463. The van der Waals surface area contributed by atoms with Gasteiger partial charge in [-0.15, -0.1) is 0 Å². The van der Waals surface area contributed by atoms with Gasteiger partial charge < -0.3 is 14.3 Å². The van der Waals surface area contributed by atoms with Gasteiger partial charge in [-0.3, -0.25) is 0 Å². The molecule has 0 spiro atoms. The number of unbranched alkanes of at least 4 members (excludes halogenated alkanes) is 1. The third kappa shape index (κ3) is 7.09. The summed E-state index contributed by atoms with van der Waals surface area (Å²) in [5.74, 6) is 0.754. The Morgan fingerprint density at radius 2 is 1.38 bits per heavy atom. The first-order valence-electron chi connectivity index (χ1n) is 17.1. The minimum atomic E-state index is -2.55. The van der Waals surface area contributed by atoms with Crippen LogP contribution in [0, 0.1) is 11.3 Å². The van der Waals surface area contributed by atoms with E-state index in [1.807, 2.05) is 6.07 Å². The van der Waals surface area contributed by atoms with Gasteiger partial charge in [-0.25, -0.2) is 0 Å². The molecule has 0 radical (unpaired) electrons. The van der Waals surface area contributed by atoms with Crippen molar-refractivity contribution in [2.45, 2.75) is 104 Å². The Bertz CT molecular complexity index is 1410. The summed E-state index contributed by atoms with van der Waals surface area (Å²) in [4.78, 5) is 0. The van der Waals surface area contributed by atoms with Crippen LogP contribution < -0.4 is 10.4 Å². The lowest BCUT2D eigenvalue weighted by molar-refractivity contribution is -0.0387. The maximum Gasteiger partial charge on any atom is 0.261 e. The van der Waals surface area contributed by atoms with E-state index >= 15 is 0 Å². The summed E-state index contributed by atoms with van der Waals surface area (Å²) in [5, 5.41) is 14.5. The van der Waals surface area contributed by atoms with Gasteiger partial charge in [-0.1, -0.05) is 137 Å². The second kappa shape index (κ2) is 14.2. The zero-order valence-electron chi connectivity index (χ0n) is 28.4. The molecule has 3 aromatic rings. The van der Waals surface area contributed by atoms with E-state index in [0.29, 0.717) is 19.0 Å². The highest BCUT2D eigenvalue weighted by atomic mass is 28.4. The van der Waals surface area contributed by atoms with Crippen molar-refractivity contribution in [2.75, 3.05) is 6.61 Å². The number of fused-ring (bicyclic) bond motifs is 2. The predicted molar refractivity (Wildman–Crippen MR) is 191 cm³/mol. The van der Waals surface area contributed by atoms with Gasteiger partial charge in [0.05, 0.1) is 6.61 Å². The quantitative estimate of drug-likeness (QED) is 0.131. The van der Waals surface area contributed by atoms with E-state index in [4.69, 9.17) is 9.16 Å². The van der Waals surface area contributed by atoms with Crippen LogP contribution in [0.2, 0.25) is 5.04 Å². The number of hydrogen-bond donors (Lipinski definition) is 1. The number of rotatable bonds is 11. The summed E-state index contributed by atoms with van der Waals surface area (Å²) < 4.78 is 13.8. The number of benzene rings is 3. The lowest BCUT2D eigenvalue weighted by Gasteiger charge is -2.47. The lowest BCUT2D eigenvalue weighted by Crippen LogP contribution is -2.66. The van der Waals surface area contributed by atoms with Crippen LogP contribution >= 0.6 is 0 Å². The van der Waals surface area contributed by atoms with Crippen molar-refractivity contribution < 1.29 is 14.3 Å². The lowest BCUT2D eigenvalue weighted by atomic mass is 9.61. The molecule has 0 unspecified atom stereocenters. The van der Waals surface area contributed by atoms with Gasteiger partial charge in [-0.2, -0.15) is 0 Å². The molecular formula is C41H54O3Si. The zero-order valence-corrected chi connectivity index (χ0v) is 29.4. The summed E-state index contributed by atoms with van der Waals surface area (Å²) in [5.41, 5.74) is 5.44. The average Bonchev–Trinajstić information content (AvgIpc) is 3.02. The number of hydrogen-bond acceptors (Lipinski definition) is 3. The fourth-order valence-corrected chi connectivity index (χ4v) is 12.8. The summed E-state index contributed by atoms with van der Waals surface area (Å²) in [6.07, 6.45) is 6.59. The highest BCUT2D eigenvalue weighted by Crippen LogP contribution is 2.51. The van der Waals surface area contributed by atoms with Gasteiger partial charge in [0.15, 0.2) is 0 Å². The molecule has 0 saturated heterocycles. The minimum absolute atomic E-state index is 0.00677. The van der Waals surface area contributed by atoms with Crippen molar-refractivity contribution in [1.82, 2.24) is 0 Å². The fourth-order valence-electron chi connectivity index (χ4n) is 8.15. The first kappa shape index (κ1) is 33.4. The molecule has 2 atom stereocenters. The Balaban J connectivity index is 1.34. The van der Waals surface area contributed by atoms with Crippen molar-refractivity contribution in [1.29, 1.82) is 0 Å². The van der Waals surface area contributed by atoms with Gasteiger partial charge >= 0.3 is 0 Å². The molecule has 3 aromatic carbocycles. The van der Waals surface area contributed by atoms with Crippen LogP contribution in [0.15, 0.2) is 113 Å². The maximum atomic E-state index is 11.9. The highest BCUT2D eigenvalue weighted by Gasteiger charge is 2.50. The van der Waals surface area contributed by atoms with E-state index in [1.165, 1.54) is 21.5 Å². The third-order valence-electron chi connectivity index (χ3n) is 10.6. The molecule has 2 aliphatic rings.